The summed E-state index contributed by atoms with van der Waals surface area (Å²) in [5, 5.41) is 10.1. The molecule has 0 saturated carbocycles. The Labute approximate surface area is 124 Å². The number of ether oxygens (including phenoxy) is 1. The SMILES string of the molecule is COc1ccc(Cl)cc1C[C@H](C(=O)O)N1CCCCC1. The van der Waals surface area contributed by atoms with Crippen LogP contribution in [0.25, 0.3) is 0 Å². The third-order valence-electron chi connectivity index (χ3n) is 3.77. The molecule has 1 aromatic rings. The molecule has 0 bridgehead atoms. The average Bonchev–Trinajstić information content (AvgIpc) is 2.45. The monoisotopic (exact) mass is 297 g/mol. The number of benzene rings is 1. The third-order valence-corrected chi connectivity index (χ3v) is 4.01. The van der Waals surface area contributed by atoms with Gasteiger partial charge in [-0.3, -0.25) is 9.69 Å². The summed E-state index contributed by atoms with van der Waals surface area (Å²) in [6.45, 7) is 1.69. The van der Waals surface area contributed by atoms with Crippen molar-refractivity contribution in [3.63, 3.8) is 0 Å². The molecule has 1 N–H and O–H groups in total. The number of rotatable bonds is 5. The highest BCUT2D eigenvalue weighted by atomic mass is 35.5. The van der Waals surface area contributed by atoms with Crippen LogP contribution in [0, 0.1) is 0 Å². The van der Waals surface area contributed by atoms with Crippen LogP contribution >= 0.6 is 11.6 Å². The van der Waals surface area contributed by atoms with Gasteiger partial charge in [-0.1, -0.05) is 18.0 Å². The lowest BCUT2D eigenvalue weighted by molar-refractivity contribution is -0.143. The van der Waals surface area contributed by atoms with Crippen LogP contribution in [-0.2, 0) is 11.2 Å². The zero-order chi connectivity index (χ0) is 14.5. The molecule has 0 unspecified atom stereocenters. The lowest BCUT2D eigenvalue weighted by Gasteiger charge is -2.32. The summed E-state index contributed by atoms with van der Waals surface area (Å²) in [4.78, 5) is 13.6. The summed E-state index contributed by atoms with van der Waals surface area (Å²) in [7, 11) is 1.59. The number of likely N-dealkylation sites (tertiary alicyclic amines) is 1. The number of carboxylic acid groups (broad SMARTS) is 1. The molecule has 0 radical (unpaired) electrons. The molecular formula is C15H20ClNO3. The Hall–Kier alpha value is -1.26. The molecule has 5 heteroatoms. The van der Waals surface area contributed by atoms with Crippen LogP contribution in [0.3, 0.4) is 0 Å². The highest BCUT2D eigenvalue weighted by Crippen LogP contribution is 2.26. The first-order chi connectivity index (χ1) is 9.61. The van der Waals surface area contributed by atoms with Gasteiger partial charge in [-0.05, 0) is 49.7 Å². The average molecular weight is 298 g/mol. The minimum absolute atomic E-state index is 0.416. The molecule has 1 fully saturated rings. The summed E-state index contributed by atoms with van der Waals surface area (Å²) in [6.07, 6.45) is 3.73. The molecule has 1 saturated heterocycles. The van der Waals surface area contributed by atoms with Crippen LogP contribution in [-0.4, -0.2) is 42.2 Å². The molecule has 1 atom stereocenters. The van der Waals surface area contributed by atoms with Crippen molar-refractivity contribution in [3.05, 3.63) is 28.8 Å². The number of methoxy groups -OCH3 is 1. The number of halogens is 1. The number of carbonyl (C=O) groups is 1. The number of nitrogens with zero attached hydrogens (tertiary/aromatic N) is 1. The predicted molar refractivity (Wildman–Crippen MR) is 78.6 cm³/mol. The van der Waals surface area contributed by atoms with Gasteiger partial charge < -0.3 is 9.84 Å². The molecule has 0 amide bonds. The molecule has 1 aliphatic heterocycles. The van der Waals surface area contributed by atoms with Gasteiger partial charge in [0.15, 0.2) is 0 Å². The van der Waals surface area contributed by atoms with E-state index in [1.165, 1.54) is 6.42 Å². The Morgan fingerprint density at radius 1 is 1.40 bits per heavy atom. The number of hydrogen-bond acceptors (Lipinski definition) is 3. The summed E-state index contributed by atoms with van der Waals surface area (Å²) < 4.78 is 5.30. The largest absolute Gasteiger partial charge is 0.496 e. The summed E-state index contributed by atoms with van der Waals surface area (Å²) in [6, 6.07) is 4.82. The highest BCUT2D eigenvalue weighted by molar-refractivity contribution is 6.30. The first-order valence-corrected chi connectivity index (χ1v) is 7.29. The molecule has 1 heterocycles. The Morgan fingerprint density at radius 3 is 2.70 bits per heavy atom. The zero-order valence-electron chi connectivity index (χ0n) is 11.6. The summed E-state index contributed by atoms with van der Waals surface area (Å²) in [5.41, 5.74) is 0.845. The smallest absolute Gasteiger partial charge is 0.321 e. The molecule has 0 spiro atoms. The lowest BCUT2D eigenvalue weighted by Crippen LogP contribution is -2.45. The van der Waals surface area contributed by atoms with Gasteiger partial charge in [-0.25, -0.2) is 0 Å². The maximum atomic E-state index is 11.6. The van der Waals surface area contributed by atoms with Crippen molar-refractivity contribution in [2.24, 2.45) is 0 Å². The van der Waals surface area contributed by atoms with Crippen molar-refractivity contribution in [1.82, 2.24) is 4.90 Å². The second-order valence-corrected chi connectivity index (χ2v) is 5.55. The van der Waals surface area contributed by atoms with E-state index in [2.05, 4.69) is 0 Å². The van der Waals surface area contributed by atoms with Crippen molar-refractivity contribution in [2.45, 2.75) is 31.7 Å². The molecule has 0 aromatic heterocycles. The third kappa shape index (κ3) is 3.64. The fourth-order valence-corrected chi connectivity index (χ4v) is 2.91. The van der Waals surface area contributed by atoms with Gasteiger partial charge in [0.2, 0.25) is 0 Å². The molecule has 2 rings (SSSR count). The second kappa shape index (κ2) is 6.95. The van der Waals surface area contributed by atoms with E-state index in [0.717, 1.165) is 31.5 Å². The van der Waals surface area contributed by atoms with Gasteiger partial charge in [0.1, 0.15) is 11.8 Å². The van der Waals surface area contributed by atoms with Gasteiger partial charge in [-0.15, -0.1) is 0 Å². The van der Waals surface area contributed by atoms with Gasteiger partial charge in [0, 0.05) is 11.4 Å². The van der Waals surface area contributed by atoms with Crippen LogP contribution < -0.4 is 4.74 Å². The van der Waals surface area contributed by atoms with E-state index in [1.807, 2.05) is 4.90 Å². The number of carboxylic acids is 1. The van der Waals surface area contributed by atoms with E-state index in [0.29, 0.717) is 17.2 Å². The normalized spacial score (nSPS) is 17.7. The molecule has 20 heavy (non-hydrogen) atoms. The molecule has 1 aromatic carbocycles. The summed E-state index contributed by atoms with van der Waals surface area (Å²) in [5.74, 6) is -0.0911. The Morgan fingerprint density at radius 2 is 2.10 bits per heavy atom. The molecule has 1 aliphatic rings. The van der Waals surface area contributed by atoms with Crippen LogP contribution in [0.2, 0.25) is 5.02 Å². The van der Waals surface area contributed by atoms with Crippen molar-refractivity contribution in [3.8, 4) is 5.75 Å². The number of aliphatic carboxylic acids is 1. The topological polar surface area (TPSA) is 49.8 Å². The molecule has 110 valence electrons. The van der Waals surface area contributed by atoms with Crippen LogP contribution in [0.15, 0.2) is 18.2 Å². The first kappa shape index (κ1) is 15.1. The first-order valence-electron chi connectivity index (χ1n) is 6.91. The van der Waals surface area contributed by atoms with Crippen LogP contribution in [0.4, 0.5) is 0 Å². The number of piperidine rings is 1. The van der Waals surface area contributed by atoms with Gasteiger partial charge in [0.05, 0.1) is 7.11 Å². The second-order valence-electron chi connectivity index (χ2n) is 5.11. The Bertz CT molecular complexity index is 472. The standard InChI is InChI=1S/C15H20ClNO3/c1-20-14-6-5-12(16)9-11(14)10-13(15(18)19)17-7-3-2-4-8-17/h5-6,9,13H,2-4,7-8,10H2,1H3,(H,18,19)/t13-/m1/s1. The minimum Gasteiger partial charge on any atom is -0.496 e. The lowest BCUT2D eigenvalue weighted by atomic mass is 10.0. The Kier molecular flexibility index (Phi) is 5.26. The van der Waals surface area contributed by atoms with E-state index in [4.69, 9.17) is 16.3 Å². The van der Waals surface area contributed by atoms with Gasteiger partial charge in [0.25, 0.3) is 0 Å². The highest BCUT2D eigenvalue weighted by Gasteiger charge is 2.28. The van der Waals surface area contributed by atoms with E-state index in [1.54, 1.807) is 25.3 Å². The van der Waals surface area contributed by atoms with E-state index in [9.17, 15) is 9.90 Å². The fourth-order valence-electron chi connectivity index (χ4n) is 2.72. The van der Waals surface area contributed by atoms with Crippen LogP contribution in [0.1, 0.15) is 24.8 Å². The van der Waals surface area contributed by atoms with Gasteiger partial charge >= 0.3 is 5.97 Å². The molecular weight excluding hydrogens is 278 g/mol. The molecule has 0 aliphatic carbocycles. The van der Waals surface area contributed by atoms with Crippen LogP contribution in [0.5, 0.6) is 5.75 Å². The predicted octanol–water partition coefficient (Wildman–Crippen LogP) is 2.83. The Balaban J connectivity index is 2.19. The van der Waals surface area contributed by atoms with Crippen molar-refractivity contribution >= 4 is 17.6 Å². The maximum absolute atomic E-state index is 11.6. The van der Waals surface area contributed by atoms with Gasteiger partial charge in [-0.2, -0.15) is 0 Å². The fraction of sp³-hybridized carbons (Fsp3) is 0.533. The maximum Gasteiger partial charge on any atom is 0.321 e. The van der Waals surface area contributed by atoms with Crippen molar-refractivity contribution in [2.75, 3.05) is 20.2 Å². The van der Waals surface area contributed by atoms with Crippen molar-refractivity contribution in [1.29, 1.82) is 0 Å². The van der Waals surface area contributed by atoms with Crippen molar-refractivity contribution < 1.29 is 14.6 Å². The van der Waals surface area contributed by atoms with E-state index in [-0.39, 0.29) is 0 Å². The number of hydrogen-bond donors (Lipinski definition) is 1. The minimum atomic E-state index is -0.783. The zero-order valence-corrected chi connectivity index (χ0v) is 12.4. The quantitative estimate of drug-likeness (QED) is 0.908. The summed E-state index contributed by atoms with van der Waals surface area (Å²) >= 11 is 6.01. The van der Waals surface area contributed by atoms with E-state index >= 15 is 0 Å². The van der Waals surface area contributed by atoms with E-state index < -0.39 is 12.0 Å². The molecule has 4 nitrogen and oxygen atoms in total.